The van der Waals surface area contributed by atoms with Gasteiger partial charge in [0, 0.05) is 29.1 Å². The van der Waals surface area contributed by atoms with Crippen LogP contribution < -0.4 is 0 Å². The van der Waals surface area contributed by atoms with Crippen LogP contribution in [0.2, 0.25) is 10.0 Å². The van der Waals surface area contributed by atoms with Crippen LogP contribution >= 0.6 is 23.2 Å². The molecule has 0 amide bonds. The van der Waals surface area contributed by atoms with Crippen molar-refractivity contribution in [1.29, 1.82) is 0 Å². The highest BCUT2D eigenvalue weighted by Crippen LogP contribution is 2.37. The zero-order chi connectivity index (χ0) is 22.0. The van der Waals surface area contributed by atoms with E-state index in [1.165, 1.54) is 22.3 Å². The van der Waals surface area contributed by atoms with E-state index >= 15 is 0 Å². The van der Waals surface area contributed by atoms with Crippen LogP contribution in [0.4, 0.5) is 0 Å². The lowest BCUT2D eigenvalue weighted by molar-refractivity contribution is 1.04. The molecule has 3 nitrogen and oxygen atoms in total. The molecule has 2 aromatic carbocycles. The largest absolute Gasteiger partial charge is 0.337 e. The summed E-state index contributed by atoms with van der Waals surface area (Å²) >= 11 is 12.5. The van der Waals surface area contributed by atoms with Gasteiger partial charge in [-0.2, -0.15) is 0 Å². The van der Waals surface area contributed by atoms with Gasteiger partial charge in [-0.1, -0.05) is 62.2 Å². The monoisotopic (exact) mass is 449 g/mol. The lowest BCUT2D eigenvalue weighted by Gasteiger charge is -2.13. The lowest BCUT2D eigenvalue weighted by atomic mass is 9.93. The molecule has 2 heterocycles. The average Bonchev–Trinajstić information content (AvgIpc) is 3.25. The summed E-state index contributed by atoms with van der Waals surface area (Å²) in [4.78, 5) is 12.9. The summed E-state index contributed by atoms with van der Waals surface area (Å²) in [7, 11) is 0. The fourth-order valence-corrected chi connectivity index (χ4v) is 4.27. The van der Waals surface area contributed by atoms with Crippen LogP contribution in [-0.4, -0.2) is 15.0 Å². The molecular formula is C26H25Cl2N3. The fourth-order valence-electron chi connectivity index (χ4n) is 3.98. The van der Waals surface area contributed by atoms with E-state index in [-0.39, 0.29) is 0 Å². The van der Waals surface area contributed by atoms with E-state index in [1.807, 2.05) is 30.3 Å². The standard InChI is InChI=1S/C26H25Cl2N3/c1-4-16-13-17(5-2)23(18(6-3)14-16)26-30-24(19-9-11-29-12-10-19)25(31-26)20-7-8-21(27)22(28)15-20/h7-15H,4-6H2,1-3H3,(H,30,31). The quantitative estimate of drug-likeness (QED) is 0.326. The number of hydrogen-bond acceptors (Lipinski definition) is 2. The molecule has 0 radical (unpaired) electrons. The summed E-state index contributed by atoms with van der Waals surface area (Å²) in [6.45, 7) is 6.60. The predicted octanol–water partition coefficient (Wildman–Crippen LogP) is 7.80. The molecule has 0 bridgehead atoms. The number of aromatic nitrogens is 3. The first-order valence-electron chi connectivity index (χ1n) is 10.7. The van der Waals surface area contributed by atoms with Gasteiger partial charge in [0.05, 0.1) is 21.4 Å². The van der Waals surface area contributed by atoms with Crippen molar-refractivity contribution in [3.8, 4) is 33.9 Å². The number of rotatable bonds is 6. The van der Waals surface area contributed by atoms with Crippen molar-refractivity contribution in [3.05, 3.63) is 81.6 Å². The molecule has 0 saturated heterocycles. The van der Waals surface area contributed by atoms with Gasteiger partial charge >= 0.3 is 0 Å². The van der Waals surface area contributed by atoms with Gasteiger partial charge in [0.1, 0.15) is 5.82 Å². The number of aryl methyl sites for hydroxylation is 3. The van der Waals surface area contributed by atoms with Gasteiger partial charge in [-0.25, -0.2) is 4.98 Å². The van der Waals surface area contributed by atoms with Crippen molar-refractivity contribution in [2.75, 3.05) is 0 Å². The third kappa shape index (κ3) is 4.26. The van der Waals surface area contributed by atoms with Crippen molar-refractivity contribution < 1.29 is 0 Å². The third-order valence-electron chi connectivity index (χ3n) is 5.63. The zero-order valence-electron chi connectivity index (χ0n) is 18.0. The Hall–Kier alpha value is -2.62. The molecule has 0 spiro atoms. The van der Waals surface area contributed by atoms with Crippen molar-refractivity contribution in [1.82, 2.24) is 15.0 Å². The van der Waals surface area contributed by atoms with Gasteiger partial charge < -0.3 is 4.98 Å². The molecule has 0 fully saturated rings. The van der Waals surface area contributed by atoms with Gasteiger partial charge in [0.15, 0.2) is 0 Å². The average molecular weight is 450 g/mol. The van der Waals surface area contributed by atoms with Gasteiger partial charge in [0.25, 0.3) is 0 Å². The molecule has 31 heavy (non-hydrogen) atoms. The molecule has 0 aliphatic rings. The summed E-state index contributed by atoms with van der Waals surface area (Å²) in [6.07, 6.45) is 6.49. The highest BCUT2D eigenvalue weighted by atomic mass is 35.5. The molecule has 1 N–H and O–H groups in total. The Bertz CT molecular complexity index is 1190. The number of H-pyrrole nitrogens is 1. The molecule has 0 saturated carbocycles. The normalized spacial score (nSPS) is 11.1. The maximum atomic E-state index is 6.34. The van der Waals surface area contributed by atoms with Crippen LogP contribution in [0.3, 0.4) is 0 Å². The Morgan fingerprint density at radius 1 is 0.774 bits per heavy atom. The summed E-state index contributed by atoms with van der Waals surface area (Å²) in [5, 5.41) is 1.05. The first kappa shape index (κ1) is 21.6. The van der Waals surface area contributed by atoms with Crippen LogP contribution in [-0.2, 0) is 19.3 Å². The number of aromatic amines is 1. The summed E-state index contributed by atoms with van der Waals surface area (Å²) in [5.41, 5.74) is 8.93. The second-order valence-electron chi connectivity index (χ2n) is 7.52. The predicted molar refractivity (Wildman–Crippen MR) is 131 cm³/mol. The minimum Gasteiger partial charge on any atom is -0.337 e. The van der Waals surface area contributed by atoms with Crippen molar-refractivity contribution in [2.45, 2.75) is 40.0 Å². The molecule has 158 valence electrons. The van der Waals surface area contributed by atoms with Crippen LogP contribution in [0.15, 0.2) is 54.9 Å². The van der Waals surface area contributed by atoms with Crippen molar-refractivity contribution in [2.24, 2.45) is 0 Å². The number of benzene rings is 2. The highest BCUT2D eigenvalue weighted by Gasteiger charge is 2.20. The molecule has 4 aromatic rings. The van der Waals surface area contributed by atoms with Crippen LogP contribution in [0.1, 0.15) is 37.5 Å². The van der Waals surface area contributed by atoms with Crippen LogP contribution in [0, 0.1) is 0 Å². The number of pyridine rings is 1. The zero-order valence-corrected chi connectivity index (χ0v) is 19.5. The summed E-state index contributed by atoms with van der Waals surface area (Å²) in [5.74, 6) is 0.879. The maximum absolute atomic E-state index is 6.34. The molecule has 2 aromatic heterocycles. The van der Waals surface area contributed by atoms with Gasteiger partial charge in [-0.05, 0) is 60.2 Å². The van der Waals surface area contributed by atoms with E-state index in [4.69, 9.17) is 28.2 Å². The number of hydrogen-bond donors (Lipinski definition) is 1. The first-order chi connectivity index (χ1) is 15.0. The second-order valence-corrected chi connectivity index (χ2v) is 8.34. The lowest BCUT2D eigenvalue weighted by Crippen LogP contribution is -1.99. The molecule has 0 aliphatic carbocycles. The third-order valence-corrected chi connectivity index (χ3v) is 6.37. The van der Waals surface area contributed by atoms with Gasteiger partial charge in [0.2, 0.25) is 0 Å². The van der Waals surface area contributed by atoms with E-state index in [0.717, 1.165) is 47.6 Å². The van der Waals surface area contributed by atoms with Gasteiger partial charge in [-0.3, -0.25) is 4.98 Å². The maximum Gasteiger partial charge on any atom is 0.139 e. The van der Waals surface area contributed by atoms with E-state index in [9.17, 15) is 0 Å². The molecule has 0 atom stereocenters. The van der Waals surface area contributed by atoms with E-state index in [1.54, 1.807) is 12.4 Å². The fraction of sp³-hybridized carbons (Fsp3) is 0.231. The SMILES string of the molecule is CCc1cc(CC)c(-c2nc(-c3ccncc3)c(-c3ccc(Cl)c(Cl)c3)[nH]2)c(CC)c1. The molecular weight excluding hydrogens is 425 g/mol. The van der Waals surface area contributed by atoms with E-state index in [2.05, 4.69) is 42.9 Å². The summed E-state index contributed by atoms with van der Waals surface area (Å²) < 4.78 is 0. The van der Waals surface area contributed by atoms with Crippen LogP contribution in [0.25, 0.3) is 33.9 Å². The van der Waals surface area contributed by atoms with E-state index < -0.39 is 0 Å². The second kappa shape index (κ2) is 9.25. The van der Waals surface area contributed by atoms with E-state index in [0.29, 0.717) is 10.0 Å². The number of nitrogens with one attached hydrogen (secondary N) is 1. The van der Waals surface area contributed by atoms with Crippen LogP contribution in [0.5, 0.6) is 0 Å². The Morgan fingerprint density at radius 3 is 2.03 bits per heavy atom. The van der Waals surface area contributed by atoms with Gasteiger partial charge in [-0.15, -0.1) is 0 Å². The minimum absolute atomic E-state index is 0.520. The topological polar surface area (TPSA) is 41.6 Å². The number of halogens is 2. The molecule has 0 unspecified atom stereocenters. The molecule has 0 aliphatic heterocycles. The summed E-state index contributed by atoms with van der Waals surface area (Å²) in [6, 6.07) is 14.2. The number of nitrogens with zero attached hydrogens (tertiary/aromatic N) is 2. The number of imidazole rings is 1. The van der Waals surface area contributed by atoms with Crippen molar-refractivity contribution >= 4 is 23.2 Å². The highest BCUT2D eigenvalue weighted by molar-refractivity contribution is 6.42. The Morgan fingerprint density at radius 2 is 1.45 bits per heavy atom. The Kier molecular flexibility index (Phi) is 6.45. The molecule has 4 rings (SSSR count). The molecule has 5 heteroatoms. The smallest absolute Gasteiger partial charge is 0.139 e. The Labute approximate surface area is 193 Å². The minimum atomic E-state index is 0.520. The Balaban J connectivity index is 1.98. The first-order valence-corrected chi connectivity index (χ1v) is 11.4. The van der Waals surface area contributed by atoms with Crippen molar-refractivity contribution in [3.63, 3.8) is 0 Å².